The van der Waals surface area contributed by atoms with Crippen molar-refractivity contribution in [2.45, 2.75) is 51.2 Å². The summed E-state index contributed by atoms with van der Waals surface area (Å²) in [5.74, 6) is -0.351. The molecule has 2 aliphatic rings. The molecule has 3 aromatic rings. The number of carbonyl (C=O) groups excluding carboxylic acids is 1. The number of carbonyl (C=O) groups is 1. The molecule has 3 aromatic heterocycles. The van der Waals surface area contributed by atoms with Gasteiger partial charge < -0.3 is 15.7 Å². The topological polar surface area (TPSA) is 120 Å². The second kappa shape index (κ2) is 7.43. The SMILES string of the molecule is CC(C)(O)c1nn(C2CC3(CCNCC3)C2)cc1NC(=O)c1ccc2cc(C#N)cnn12. The highest BCUT2D eigenvalue weighted by atomic mass is 16.3. The number of fused-ring (bicyclic) bond motifs is 1. The number of nitriles is 1. The van der Waals surface area contributed by atoms with Crippen LogP contribution >= 0.6 is 0 Å². The van der Waals surface area contributed by atoms with Crippen molar-refractivity contribution in [3.8, 4) is 6.07 Å². The second-order valence-corrected chi connectivity index (χ2v) is 9.61. The fourth-order valence-corrected chi connectivity index (χ4v) is 5.03. The van der Waals surface area contributed by atoms with Crippen LogP contribution in [0.4, 0.5) is 5.69 Å². The molecule has 9 nitrogen and oxygen atoms in total. The maximum absolute atomic E-state index is 13.1. The average molecular weight is 434 g/mol. The Balaban J connectivity index is 1.40. The van der Waals surface area contributed by atoms with Gasteiger partial charge in [0.1, 0.15) is 23.1 Å². The van der Waals surface area contributed by atoms with Crippen LogP contribution < -0.4 is 10.6 Å². The van der Waals surface area contributed by atoms with Gasteiger partial charge >= 0.3 is 0 Å². The number of aromatic nitrogens is 4. The molecule has 1 aliphatic carbocycles. The van der Waals surface area contributed by atoms with Crippen molar-refractivity contribution in [2.75, 3.05) is 18.4 Å². The molecule has 1 amide bonds. The predicted molar refractivity (Wildman–Crippen MR) is 118 cm³/mol. The lowest BCUT2D eigenvalue weighted by Crippen LogP contribution is -2.46. The number of aliphatic hydroxyl groups is 1. The smallest absolute Gasteiger partial charge is 0.274 e. The number of nitrogens with zero attached hydrogens (tertiary/aromatic N) is 5. The number of nitrogens with one attached hydrogen (secondary N) is 2. The van der Waals surface area contributed by atoms with Crippen LogP contribution in [0.3, 0.4) is 0 Å². The molecule has 0 unspecified atom stereocenters. The zero-order chi connectivity index (χ0) is 22.5. The minimum Gasteiger partial charge on any atom is -0.384 e. The van der Waals surface area contributed by atoms with E-state index in [0.717, 1.165) is 25.9 Å². The quantitative estimate of drug-likeness (QED) is 0.582. The van der Waals surface area contributed by atoms with E-state index in [1.165, 1.54) is 23.6 Å². The minimum absolute atomic E-state index is 0.278. The van der Waals surface area contributed by atoms with Crippen LogP contribution in [0.5, 0.6) is 0 Å². The first kappa shape index (κ1) is 20.7. The first-order chi connectivity index (χ1) is 15.3. The number of hydrogen-bond acceptors (Lipinski definition) is 6. The Kier molecular flexibility index (Phi) is 4.80. The van der Waals surface area contributed by atoms with E-state index in [0.29, 0.717) is 33.6 Å². The van der Waals surface area contributed by atoms with Gasteiger partial charge in [-0.25, -0.2) is 4.52 Å². The molecule has 1 saturated carbocycles. The molecule has 32 heavy (non-hydrogen) atoms. The molecule has 0 bridgehead atoms. The molecule has 9 heteroatoms. The average Bonchev–Trinajstić information content (AvgIpc) is 3.36. The Hall–Kier alpha value is -3.22. The van der Waals surface area contributed by atoms with E-state index in [4.69, 9.17) is 5.26 Å². The van der Waals surface area contributed by atoms with E-state index in [9.17, 15) is 9.90 Å². The Bertz CT molecular complexity index is 1210. The molecule has 0 radical (unpaired) electrons. The number of anilines is 1. The summed E-state index contributed by atoms with van der Waals surface area (Å²) in [4.78, 5) is 13.1. The van der Waals surface area contributed by atoms with Crippen molar-refractivity contribution >= 4 is 17.1 Å². The molecule has 1 aliphatic heterocycles. The van der Waals surface area contributed by atoms with E-state index in [1.54, 1.807) is 32.0 Å². The number of rotatable bonds is 4. The largest absolute Gasteiger partial charge is 0.384 e. The van der Waals surface area contributed by atoms with Gasteiger partial charge in [-0.2, -0.15) is 15.5 Å². The van der Waals surface area contributed by atoms with Crippen LogP contribution in [0.15, 0.2) is 30.6 Å². The van der Waals surface area contributed by atoms with Crippen molar-refractivity contribution in [1.82, 2.24) is 24.7 Å². The standard InChI is InChI=1S/C23H27N7O2/c1-22(2,32)20-18(14-29(28-20)17-10-23(11-17)5-7-25-8-6-23)27-21(31)19-4-3-16-9-15(12-24)13-26-30(16)19/h3-4,9,13-14,17,25,32H,5-8,10-11H2,1-2H3,(H,27,31). The number of hydrogen-bond donors (Lipinski definition) is 3. The Morgan fingerprint density at radius 1 is 1.34 bits per heavy atom. The molecule has 1 spiro atoms. The summed E-state index contributed by atoms with van der Waals surface area (Å²) < 4.78 is 3.40. The molecular weight excluding hydrogens is 406 g/mol. The van der Waals surface area contributed by atoms with Gasteiger partial charge in [0.25, 0.3) is 5.91 Å². The maximum atomic E-state index is 13.1. The molecule has 1 saturated heterocycles. The molecule has 2 fully saturated rings. The Labute approximate surface area is 186 Å². The highest BCUT2D eigenvalue weighted by Crippen LogP contribution is 2.54. The van der Waals surface area contributed by atoms with Crippen LogP contribution in [0.2, 0.25) is 0 Å². The highest BCUT2D eigenvalue weighted by Gasteiger charge is 2.46. The van der Waals surface area contributed by atoms with Crippen LogP contribution in [0.1, 0.15) is 67.3 Å². The van der Waals surface area contributed by atoms with Crippen molar-refractivity contribution < 1.29 is 9.90 Å². The third kappa shape index (κ3) is 3.55. The first-order valence-corrected chi connectivity index (χ1v) is 11.0. The minimum atomic E-state index is -1.20. The van der Waals surface area contributed by atoms with Crippen LogP contribution in [-0.2, 0) is 5.60 Å². The van der Waals surface area contributed by atoms with Gasteiger partial charge in [-0.15, -0.1) is 0 Å². The van der Waals surface area contributed by atoms with E-state index in [-0.39, 0.29) is 11.9 Å². The van der Waals surface area contributed by atoms with Crippen molar-refractivity contribution in [3.63, 3.8) is 0 Å². The van der Waals surface area contributed by atoms with Crippen LogP contribution in [0.25, 0.3) is 5.52 Å². The lowest BCUT2D eigenvalue weighted by Gasteiger charge is -2.50. The Morgan fingerprint density at radius 3 is 2.78 bits per heavy atom. The van der Waals surface area contributed by atoms with Crippen molar-refractivity contribution in [2.24, 2.45) is 5.41 Å². The molecule has 0 aromatic carbocycles. The van der Waals surface area contributed by atoms with Crippen molar-refractivity contribution in [3.05, 3.63) is 47.5 Å². The fraction of sp³-hybridized carbons (Fsp3) is 0.478. The Morgan fingerprint density at radius 2 is 2.09 bits per heavy atom. The molecular formula is C23H27N7O2. The summed E-state index contributed by atoms with van der Waals surface area (Å²) in [6.45, 7) is 5.47. The maximum Gasteiger partial charge on any atom is 0.274 e. The van der Waals surface area contributed by atoms with E-state index < -0.39 is 5.60 Å². The second-order valence-electron chi connectivity index (χ2n) is 9.61. The van der Waals surface area contributed by atoms with Gasteiger partial charge in [-0.1, -0.05) is 0 Å². The summed E-state index contributed by atoms with van der Waals surface area (Å²) in [5.41, 5.74) is 1.57. The van der Waals surface area contributed by atoms with Gasteiger partial charge in [-0.05, 0) is 76.2 Å². The van der Waals surface area contributed by atoms with Crippen LogP contribution in [-0.4, -0.2) is 43.5 Å². The predicted octanol–water partition coefficient (Wildman–Crippen LogP) is 2.59. The summed E-state index contributed by atoms with van der Waals surface area (Å²) >= 11 is 0. The summed E-state index contributed by atoms with van der Waals surface area (Å²) in [7, 11) is 0. The highest BCUT2D eigenvalue weighted by molar-refractivity contribution is 6.04. The normalized spacial score (nSPS) is 18.4. The monoisotopic (exact) mass is 433 g/mol. The fourth-order valence-electron chi connectivity index (χ4n) is 5.03. The molecule has 4 heterocycles. The van der Waals surface area contributed by atoms with Gasteiger partial charge in [0.05, 0.1) is 29.0 Å². The zero-order valence-corrected chi connectivity index (χ0v) is 18.3. The lowest BCUT2D eigenvalue weighted by molar-refractivity contribution is 0.0208. The molecule has 166 valence electrons. The van der Waals surface area contributed by atoms with E-state index >= 15 is 0 Å². The number of piperidine rings is 1. The van der Waals surface area contributed by atoms with Gasteiger partial charge in [0.2, 0.25) is 0 Å². The molecule has 0 atom stereocenters. The zero-order valence-electron chi connectivity index (χ0n) is 18.3. The third-order valence-electron chi connectivity index (χ3n) is 6.80. The van der Waals surface area contributed by atoms with Gasteiger partial charge in [0, 0.05) is 6.20 Å². The van der Waals surface area contributed by atoms with Crippen LogP contribution in [0, 0.1) is 16.7 Å². The number of amides is 1. The van der Waals surface area contributed by atoms with Crippen molar-refractivity contribution in [1.29, 1.82) is 5.26 Å². The molecule has 5 rings (SSSR count). The summed E-state index contributed by atoms with van der Waals surface area (Å²) in [6.07, 6.45) is 7.79. The van der Waals surface area contributed by atoms with Gasteiger partial charge in [0.15, 0.2) is 0 Å². The molecule has 3 N–H and O–H groups in total. The first-order valence-electron chi connectivity index (χ1n) is 11.0. The van der Waals surface area contributed by atoms with Gasteiger partial charge in [-0.3, -0.25) is 9.48 Å². The van der Waals surface area contributed by atoms with E-state index in [2.05, 4.69) is 20.8 Å². The lowest BCUT2D eigenvalue weighted by atomic mass is 9.60. The van der Waals surface area contributed by atoms with E-state index in [1.807, 2.05) is 16.9 Å². The third-order valence-corrected chi connectivity index (χ3v) is 6.80. The summed E-state index contributed by atoms with van der Waals surface area (Å²) in [6, 6.07) is 7.42. The summed E-state index contributed by atoms with van der Waals surface area (Å²) in [5, 5.41) is 35.0.